The molecule has 0 bridgehead atoms. The molecule has 0 heterocycles. The van der Waals surface area contributed by atoms with Crippen LogP contribution in [0.1, 0.15) is 19.8 Å². The molecule has 0 aliphatic heterocycles. The Kier molecular flexibility index (Phi) is 7.92. The van der Waals surface area contributed by atoms with Crippen LogP contribution in [0.4, 0.5) is 0 Å². The van der Waals surface area contributed by atoms with E-state index in [1.165, 1.54) is 12.8 Å². The fourth-order valence-corrected chi connectivity index (χ4v) is 1.69. The van der Waals surface area contributed by atoms with Gasteiger partial charge in [0.2, 0.25) is 0 Å². The third-order valence-corrected chi connectivity index (χ3v) is 3.10. The Morgan fingerprint density at radius 3 is 2.86 bits per heavy atom. The average Bonchev–Trinajstić information content (AvgIpc) is 2.14. The molecule has 0 amide bonds. The molecule has 0 rings (SSSR count). The summed E-state index contributed by atoms with van der Waals surface area (Å²) in [6.45, 7) is 5.81. The Labute approximate surface area is 92.7 Å². The van der Waals surface area contributed by atoms with Crippen LogP contribution in [0.3, 0.4) is 0 Å². The second-order valence-electron chi connectivity index (χ2n) is 3.38. The van der Waals surface area contributed by atoms with E-state index in [1.54, 1.807) is 10.7 Å². The molecule has 0 aliphatic carbocycles. The minimum absolute atomic E-state index is 0.533. The van der Waals surface area contributed by atoms with Crippen molar-refractivity contribution in [3.63, 3.8) is 0 Å². The van der Waals surface area contributed by atoms with E-state index in [9.17, 15) is 0 Å². The zero-order chi connectivity index (χ0) is 11.0. The van der Waals surface area contributed by atoms with E-state index in [4.69, 9.17) is 5.73 Å². The van der Waals surface area contributed by atoms with Crippen LogP contribution < -0.4 is 5.73 Å². The number of allylic oxidation sites excluding steroid dienone is 1. The molecule has 2 nitrogen and oxygen atoms in total. The Bertz CT molecular complexity index is 245. The van der Waals surface area contributed by atoms with Gasteiger partial charge in [-0.1, -0.05) is 0 Å². The van der Waals surface area contributed by atoms with Gasteiger partial charge in [-0.3, -0.25) is 0 Å². The van der Waals surface area contributed by atoms with Gasteiger partial charge in [0.15, 0.2) is 0 Å². The van der Waals surface area contributed by atoms with Gasteiger partial charge < -0.3 is 0 Å². The molecule has 0 radical (unpaired) electrons. The van der Waals surface area contributed by atoms with Crippen LogP contribution in [0.25, 0.3) is 0 Å². The van der Waals surface area contributed by atoms with Crippen molar-refractivity contribution in [1.29, 1.82) is 0 Å². The van der Waals surface area contributed by atoms with Gasteiger partial charge in [-0.15, -0.1) is 0 Å². The van der Waals surface area contributed by atoms with Crippen LogP contribution in [-0.4, -0.2) is 23.7 Å². The predicted molar refractivity (Wildman–Crippen MR) is 68.3 cm³/mol. The minimum atomic E-state index is 0.533. The van der Waals surface area contributed by atoms with E-state index in [0.717, 1.165) is 5.75 Å². The quantitative estimate of drug-likeness (QED) is 0.431. The number of hydrogen-bond donors (Lipinski definition) is 1. The zero-order valence-corrected chi connectivity index (χ0v) is 10.7. The molecule has 14 heavy (non-hydrogen) atoms. The number of hydrogen-bond acceptors (Lipinski definition) is 2. The third kappa shape index (κ3) is 7.16. The molecule has 0 spiro atoms. The molecule has 0 saturated carbocycles. The van der Waals surface area contributed by atoms with Crippen molar-refractivity contribution in [2.45, 2.75) is 25.8 Å². The van der Waals surface area contributed by atoms with E-state index >= 15 is 0 Å². The van der Waals surface area contributed by atoms with Crippen LogP contribution in [0, 0.1) is 0 Å². The van der Waals surface area contributed by atoms with Crippen LogP contribution in [0.15, 0.2) is 24.6 Å². The van der Waals surface area contributed by atoms with Crippen LogP contribution in [0.5, 0.6) is 0 Å². The number of rotatable bonds is 6. The summed E-state index contributed by atoms with van der Waals surface area (Å²) in [7, 11) is 7.75. The molecule has 80 valence electrons. The number of nitrogens with zero attached hydrogens (tertiary/aromatic N) is 1. The molecule has 0 saturated heterocycles. The molecule has 0 aromatic carbocycles. The molecule has 0 aromatic rings. The van der Waals surface area contributed by atoms with Crippen molar-refractivity contribution in [2.75, 3.05) is 12.8 Å². The van der Waals surface area contributed by atoms with Gasteiger partial charge in [0.25, 0.3) is 0 Å². The summed E-state index contributed by atoms with van der Waals surface area (Å²) in [6, 6.07) is 0.533. The summed E-state index contributed by atoms with van der Waals surface area (Å²) in [5, 5.41) is 0. The van der Waals surface area contributed by atoms with Gasteiger partial charge in [0.05, 0.1) is 0 Å². The van der Waals surface area contributed by atoms with E-state index in [0.29, 0.717) is 11.7 Å². The van der Waals surface area contributed by atoms with E-state index < -0.39 is 0 Å². The van der Waals surface area contributed by atoms with Gasteiger partial charge in [0, 0.05) is 0 Å². The van der Waals surface area contributed by atoms with Crippen molar-refractivity contribution in [3.05, 3.63) is 24.6 Å². The average molecular weight is 230 g/mol. The fraction of sp³-hybridized carbons (Fsp3) is 0.600. The summed E-state index contributed by atoms with van der Waals surface area (Å²) in [6.07, 6.45) is 6.16. The zero-order valence-electron chi connectivity index (χ0n) is 8.94. The first-order valence-electron chi connectivity index (χ1n) is 4.68. The first-order valence-corrected chi connectivity index (χ1v) is 6.72. The monoisotopic (exact) mass is 230 g/mol. The summed E-state index contributed by atoms with van der Waals surface area (Å²) < 4.78 is 0. The van der Waals surface area contributed by atoms with E-state index in [1.807, 2.05) is 12.3 Å². The van der Waals surface area contributed by atoms with Gasteiger partial charge in [-0.2, -0.15) is 0 Å². The van der Waals surface area contributed by atoms with Crippen molar-refractivity contribution >= 4 is 18.6 Å². The standard InChI is InChI=1S/C10H19N2PS/c1-9(11)6-7-12(3)10(2)5-4-8-14-13/h6-7,10H,1,4-5,8,11H2,2-3H3/b7-6-. The van der Waals surface area contributed by atoms with Crippen LogP contribution >= 0.6 is 18.6 Å². The fourth-order valence-electron chi connectivity index (χ4n) is 1.01. The van der Waals surface area contributed by atoms with Crippen LogP contribution in [0.2, 0.25) is 0 Å². The van der Waals surface area contributed by atoms with E-state index in [-0.39, 0.29) is 0 Å². The molecular formula is C10H19N2PS. The molecule has 2 N–H and O–H groups in total. The first kappa shape index (κ1) is 13.7. The second kappa shape index (κ2) is 8.07. The summed E-state index contributed by atoms with van der Waals surface area (Å²) in [5.41, 5.74) is 6.03. The van der Waals surface area contributed by atoms with Gasteiger partial charge in [-0.05, 0) is 0 Å². The predicted octanol–water partition coefficient (Wildman–Crippen LogP) is 3.13. The maximum atomic E-state index is 5.44. The Morgan fingerprint density at radius 1 is 1.71 bits per heavy atom. The van der Waals surface area contributed by atoms with Gasteiger partial charge in [-0.25, -0.2) is 0 Å². The topological polar surface area (TPSA) is 29.3 Å². The molecule has 1 unspecified atom stereocenters. The molecule has 4 heteroatoms. The second-order valence-corrected chi connectivity index (χ2v) is 4.82. The normalized spacial score (nSPS) is 12.6. The Balaban J connectivity index is 3.82. The molecule has 0 aliphatic rings. The molecular weight excluding hydrogens is 211 g/mol. The summed E-state index contributed by atoms with van der Waals surface area (Å²) in [4.78, 5) is 2.15. The van der Waals surface area contributed by atoms with Gasteiger partial charge in [0.1, 0.15) is 0 Å². The van der Waals surface area contributed by atoms with Gasteiger partial charge >= 0.3 is 92.3 Å². The first-order chi connectivity index (χ1) is 6.57. The van der Waals surface area contributed by atoms with Crippen molar-refractivity contribution in [2.24, 2.45) is 5.73 Å². The van der Waals surface area contributed by atoms with Crippen molar-refractivity contribution in [3.8, 4) is 0 Å². The Hall–Kier alpha value is -0.270. The van der Waals surface area contributed by atoms with Crippen molar-refractivity contribution in [1.82, 2.24) is 4.90 Å². The number of nitrogens with two attached hydrogens (primary N) is 1. The summed E-state index contributed by atoms with van der Waals surface area (Å²) in [5.74, 6) is 1.11. The summed E-state index contributed by atoms with van der Waals surface area (Å²) >= 11 is 0. The molecule has 0 fully saturated rings. The molecule has 1 atom stereocenters. The SMILES string of the molecule is C=C(N)/C=C\N(C)C(C)CCCS#P. The third-order valence-electron chi connectivity index (χ3n) is 2.08. The van der Waals surface area contributed by atoms with E-state index in [2.05, 4.69) is 33.3 Å². The van der Waals surface area contributed by atoms with Crippen molar-refractivity contribution < 1.29 is 0 Å². The Morgan fingerprint density at radius 2 is 2.36 bits per heavy atom. The van der Waals surface area contributed by atoms with Crippen LogP contribution in [-0.2, 0) is 0 Å². The maximum absolute atomic E-state index is 5.44. The molecule has 0 aromatic heterocycles.